The van der Waals surface area contributed by atoms with E-state index in [0.717, 1.165) is 18.1 Å². The Kier molecular flexibility index (Phi) is 3.03. The Bertz CT molecular complexity index is 773. The maximum atomic E-state index is 12.3. The van der Waals surface area contributed by atoms with E-state index in [0.29, 0.717) is 25.4 Å². The molecule has 1 aliphatic heterocycles. The molecule has 3 aromatic heterocycles. The van der Waals surface area contributed by atoms with Crippen LogP contribution in [0.1, 0.15) is 22.1 Å². The Labute approximate surface area is 126 Å². The standard InChI is InChI=1S/C15H15N5O2/c21-15(13-3-1-8-22-13)19-7-6-18-9-12(17-14(18)11-19)10-20-5-2-4-16-20/h1-5,8-9H,6-7,10-11H2. The number of aromatic nitrogens is 4. The zero-order valence-corrected chi connectivity index (χ0v) is 11.9. The van der Waals surface area contributed by atoms with Crippen LogP contribution in [0.2, 0.25) is 0 Å². The molecule has 0 bridgehead atoms. The largest absolute Gasteiger partial charge is 0.459 e. The molecule has 4 rings (SSSR count). The van der Waals surface area contributed by atoms with Gasteiger partial charge in [-0.3, -0.25) is 9.48 Å². The molecule has 7 nitrogen and oxygen atoms in total. The van der Waals surface area contributed by atoms with E-state index in [9.17, 15) is 4.79 Å². The van der Waals surface area contributed by atoms with Gasteiger partial charge in [-0.1, -0.05) is 0 Å². The average Bonchev–Trinajstić information content (AvgIpc) is 3.27. The first kappa shape index (κ1) is 12.9. The van der Waals surface area contributed by atoms with E-state index in [4.69, 9.17) is 4.42 Å². The van der Waals surface area contributed by atoms with Gasteiger partial charge in [0.2, 0.25) is 0 Å². The molecular formula is C15H15N5O2. The van der Waals surface area contributed by atoms with Gasteiger partial charge < -0.3 is 13.9 Å². The van der Waals surface area contributed by atoms with Crippen LogP contribution >= 0.6 is 0 Å². The minimum absolute atomic E-state index is 0.0899. The van der Waals surface area contributed by atoms with E-state index in [-0.39, 0.29) is 5.91 Å². The fraction of sp³-hybridized carbons (Fsp3) is 0.267. The predicted molar refractivity (Wildman–Crippen MR) is 77.0 cm³/mol. The van der Waals surface area contributed by atoms with Crippen molar-refractivity contribution in [3.8, 4) is 0 Å². The normalized spacial score (nSPS) is 14.1. The molecule has 0 spiro atoms. The number of carbonyl (C=O) groups is 1. The summed E-state index contributed by atoms with van der Waals surface area (Å²) in [6.45, 7) is 2.54. The first-order valence-corrected chi connectivity index (χ1v) is 7.15. The Hall–Kier alpha value is -2.83. The van der Waals surface area contributed by atoms with Crippen LogP contribution in [0.15, 0.2) is 47.5 Å². The van der Waals surface area contributed by atoms with Gasteiger partial charge in [-0.05, 0) is 18.2 Å². The Morgan fingerprint density at radius 1 is 1.32 bits per heavy atom. The second kappa shape index (κ2) is 5.18. The SMILES string of the molecule is O=C(c1ccco1)N1CCn2cc(Cn3cccn3)nc2C1. The van der Waals surface area contributed by atoms with Crippen LogP contribution in [0.4, 0.5) is 0 Å². The summed E-state index contributed by atoms with van der Waals surface area (Å²) in [6.07, 6.45) is 7.21. The lowest BCUT2D eigenvalue weighted by molar-refractivity contribution is 0.0675. The number of furan rings is 1. The molecule has 1 amide bonds. The van der Waals surface area contributed by atoms with Crippen LogP contribution in [0.5, 0.6) is 0 Å². The van der Waals surface area contributed by atoms with Gasteiger partial charge in [0.15, 0.2) is 5.76 Å². The number of hydrogen-bond acceptors (Lipinski definition) is 4. The highest BCUT2D eigenvalue weighted by Gasteiger charge is 2.24. The lowest BCUT2D eigenvalue weighted by Crippen LogP contribution is -2.38. The lowest BCUT2D eigenvalue weighted by atomic mass is 10.3. The molecule has 7 heteroatoms. The molecule has 0 aliphatic carbocycles. The molecule has 0 aromatic carbocycles. The first-order chi connectivity index (χ1) is 10.8. The van der Waals surface area contributed by atoms with Crippen molar-refractivity contribution in [2.24, 2.45) is 0 Å². The summed E-state index contributed by atoms with van der Waals surface area (Å²) in [5, 5.41) is 4.19. The molecular weight excluding hydrogens is 282 g/mol. The van der Waals surface area contributed by atoms with E-state index in [1.165, 1.54) is 6.26 Å². The quantitative estimate of drug-likeness (QED) is 0.732. The van der Waals surface area contributed by atoms with Gasteiger partial charge in [-0.2, -0.15) is 5.10 Å². The third-order valence-corrected chi connectivity index (χ3v) is 3.75. The molecule has 0 saturated heterocycles. The lowest BCUT2D eigenvalue weighted by Gasteiger charge is -2.26. The van der Waals surface area contributed by atoms with Crippen LogP contribution < -0.4 is 0 Å². The summed E-state index contributed by atoms with van der Waals surface area (Å²) < 4.78 is 9.12. The fourth-order valence-corrected chi connectivity index (χ4v) is 2.68. The van der Waals surface area contributed by atoms with Gasteiger partial charge in [0, 0.05) is 31.7 Å². The van der Waals surface area contributed by atoms with Gasteiger partial charge >= 0.3 is 0 Å². The molecule has 0 atom stereocenters. The second-order valence-corrected chi connectivity index (χ2v) is 5.25. The maximum Gasteiger partial charge on any atom is 0.290 e. The van der Waals surface area contributed by atoms with E-state index >= 15 is 0 Å². The van der Waals surface area contributed by atoms with Crippen LogP contribution in [0.25, 0.3) is 0 Å². The number of nitrogens with zero attached hydrogens (tertiary/aromatic N) is 5. The predicted octanol–water partition coefficient (Wildman–Crippen LogP) is 1.38. The highest BCUT2D eigenvalue weighted by molar-refractivity contribution is 5.91. The Balaban J connectivity index is 1.51. The van der Waals surface area contributed by atoms with Crippen molar-refractivity contribution < 1.29 is 9.21 Å². The van der Waals surface area contributed by atoms with Crippen molar-refractivity contribution in [1.82, 2.24) is 24.2 Å². The molecule has 0 radical (unpaired) electrons. The summed E-state index contributed by atoms with van der Waals surface area (Å²) in [7, 11) is 0. The molecule has 112 valence electrons. The Morgan fingerprint density at radius 3 is 3.05 bits per heavy atom. The fourth-order valence-electron chi connectivity index (χ4n) is 2.68. The minimum Gasteiger partial charge on any atom is -0.459 e. The zero-order valence-electron chi connectivity index (χ0n) is 11.9. The summed E-state index contributed by atoms with van der Waals surface area (Å²) >= 11 is 0. The summed E-state index contributed by atoms with van der Waals surface area (Å²) in [5.41, 5.74) is 0.950. The molecule has 22 heavy (non-hydrogen) atoms. The summed E-state index contributed by atoms with van der Waals surface area (Å²) in [6, 6.07) is 5.30. The van der Waals surface area contributed by atoms with Crippen molar-refractivity contribution in [1.29, 1.82) is 0 Å². The number of imidazole rings is 1. The number of amides is 1. The molecule has 0 saturated carbocycles. The average molecular weight is 297 g/mol. The third-order valence-electron chi connectivity index (χ3n) is 3.75. The van der Waals surface area contributed by atoms with Crippen molar-refractivity contribution in [3.63, 3.8) is 0 Å². The number of hydrogen-bond donors (Lipinski definition) is 0. The van der Waals surface area contributed by atoms with E-state index in [1.54, 1.807) is 23.2 Å². The smallest absolute Gasteiger partial charge is 0.290 e. The van der Waals surface area contributed by atoms with Crippen LogP contribution in [0.3, 0.4) is 0 Å². The molecule has 4 heterocycles. The van der Waals surface area contributed by atoms with Crippen molar-refractivity contribution in [3.05, 3.63) is 60.3 Å². The highest BCUT2D eigenvalue weighted by atomic mass is 16.3. The first-order valence-electron chi connectivity index (χ1n) is 7.15. The molecule has 0 fully saturated rings. The van der Waals surface area contributed by atoms with Gasteiger partial charge in [0.05, 0.1) is 25.0 Å². The number of fused-ring (bicyclic) bond motifs is 1. The molecule has 0 N–H and O–H groups in total. The minimum atomic E-state index is -0.0899. The molecule has 3 aromatic rings. The summed E-state index contributed by atoms with van der Waals surface area (Å²) in [4.78, 5) is 18.7. The van der Waals surface area contributed by atoms with E-state index in [2.05, 4.69) is 14.6 Å². The van der Waals surface area contributed by atoms with Gasteiger partial charge in [0.1, 0.15) is 5.82 Å². The van der Waals surface area contributed by atoms with Crippen molar-refractivity contribution >= 4 is 5.91 Å². The van der Waals surface area contributed by atoms with Gasteiger partial charge in [-0.25, -0.2) is 4.98 Å². The van der Waals surface area contributed by atoms with E-state index in [1.807, 2.05) is 23.1 Å². The maximum absolute atomic E-state index is 12.3. The Morgan fingerprint density at radius 2 is 2.27 bits per heavy atom. The third kappa shape index (κ3) is 2.30. The number of rotatable bonds is 3. The molecule has 1 aliphatic rings. The topological polar surface area (TPSA) is 69.1 Å². The molecule has 0 unspecified atom stereocenters. The van der Waals surface area contributed by atoms with Crippen molar-refractivity contribution in [2.75, 3.05) is 6.54 Å². The second-order valence-electron chi connectivity index (χ2n) is 5.25. The zero-order chi connectivity index (χ0) is 14.9. The summed E-state index contributed by atoms with van der Waals surface area (Å²) in [5.74, 6) is 1.18. The van der Waals surface area contributed by atoms with E-state index < -0.39 is 0 Å². The monoisotopic (exact) mass is 297 g/mol. The highest BCUT2D eigenvalue weighted by Crippen LogP contribution is 2.16. The van der Waals surface area contributed by atoms with Gasteiger partial charge in [-0.15, -0.1) is 0 Å². The van der Waals surface area contributed by atoms with Gasteiger partial charge in [0.25, 0.3) is 5.91 Å². The van der Waals surface area contributed by atoms with Crippen LogP contribution in [-0.4, -0.2) is 36.7 Å². The van der Waals surface area contributed by atoms with Crippen LogP contribution in [0, 0.1) is 0 Å². The van der Waals surface area contributed by atoms with Crippen molar-refractivity contribution in [2.45, 2.75) is 19.6 Å². The number of carbonyl (C=O) groups excluding carboxylic acids is 1. The van der Waals surface area contributed by atoms with Crippen LogP contribution in [-0.2, 0) is 19.6 Å².